The molecule has 0 aliphatic heterocycles. The standard InChI is InChI=1S/C10H24N2/c1-5-9(4)6-10(11)7-12-8(2)3/h8-10,12H,5-7,11H2,1-4H3. The summed E-state index contributed by atoms with van der Waals surface area (Å²) in [6.45, 7) is 9.72. The van der Waals surface area contributed by atoms with Crippen LogP contribution in [0.1, 0.15) is 40.5 Å². The lowest BCUT2D eigenvalue weighted by molar-refractivity contribution is 0.422. The molecule has 0 aromatic heterocycles. The lowest BCUT2D eigenvalue weighted by Crippen LogP contribution is -2.38. The molecule has 0 saturated carbocycles. The summed E-state index contributed by atoms with van der Waals surface area (Å²) in [6.07, 6.45) is 2.37. The zero-order chi connectivity index (χ0) is 9.56. The Bertz CT molecular complexity index is 102. The molecule has 0 heterocycles. The van der Waals surface area contributed by atoms with Gasteiger partial charge in [0.15, 0.2) is 0 Å². The van der Waals surface area contributed by atoms with Crippen LogP contribution in [0.4, 0.5) is 0 Å². The van der Waals surface area contributed by atoms with E-state index in [2.05, 4.69) is 33.0 Å². The summed E-state index contributed by atoms with van der Waals surface area (Å²) in [5, 5.41) is 3.35. The molecule has 3 N–H and O–H groups in total. The van der Waals surface area contributed by atoms with Gasteiger partial charge in [0, 0.05) is 18.6 Å². The van der Waals surface area contributed by atoms with Crippen LogP contribution in [0.15, 0.2) is 0 Å². The van der Waals surface area contributed by atoms with Gasteiger partial charge in [0.25, 0.3) is 0 Å². The fraction of sp³-hybridized carbons (Fsp3) is 1.00. The molecule has 2 heteroatoms. The van der Waals surface area contributed by atoms with E-state index in [0.717, 1.165) is 18.9 Å². The van der Waals surface area contributed by atoms with Crippen molar-refractivity contribution in [2.75, 3.05) is 6.54 Å². The molecule has 0 aromatic carbocycles. The molecule has 0 radical (unpaired) electrons. The van der Waals surface area contributed by atoms with E-state index >= 15 is 0 Å². The second-order valence-corrected chi connectivity index (χ2v) is 4.07. The van der Waals surface area contributed by atoms with Gasteiger partial charge in [0.05, 0.1) is 0 Å². The van der Waals surface area contributed by atoms with Crippen molar-refractivity contribution in [3.63, 3.8) is 0 Å². The van der Waals surface area contributed by atoms with Crippen LogP contribution in [-0.2, 0) is 0 Å². The van der Waals surface area contributed by atoms with Crippen molar-refractivity contribution in [1.82, 2.24) is 5.32 Å². The maximum atomic E-state index is 5.94. The van der Waals surface area contributed by atoms with E-state index in [1.165, 1.54) is 6.42 Å². The van der Waals surface area contributed by atoms with Gasteiger partial charge in [0.2, 0.25) is 0 Å². The van der Waals surface area contributed by atoms with Crippen molar-refractivity contribution in [3.8, 4) is 0 Å². The highest BCUT2D eigenvalue weighted by atomic mass is 14.9. The Morgan fingerprint density at radius 2 is 1.83 bits per heavy atom. The molecule has 0 aromatic rings. The first-order valence-corrected chi connectivity index (χ1v) is 5.05. The second kappa shape index (κ2) is 6.44. The first kappa shape index (κ1) is 11.9. The Morgan fingerprint density at radius 1 is 1.25 bits per heavy atom. The molecule has 0 aliphatic carbocycles. The number of nitrogens with one attached hydrogen (secondary N) is 1. The summed E-state index contributed by atoms with van der Waals surface area (Å²) < 4.78 is 0. The van der Waals surface area contributed by atoms with Crippen LogP contribution in [0.2, 0.25) is 0 Å². The van der Waals surface area contributed by atoms with Crippen molar-refractivity contribution < 1.29 is 0 Å². The van der Waals surface area contributed by atoms with Gasteiger partial charge >= 0.3 is 0 Å². The zero-order valence-electron chi connectivity index (χ0n) is 8.93. The molecule has 12 heavy (non-hydrogen) atoms. The Kier molecular flexibility index (Phi) is 6.39. The van der Waals surface area contributed by atoms with E-state index < -0.39 is 0 Å². The summed E-state index contributed by atoms with van der Waals surface area (Å²) in [6, 6.07) is 0.871. The van der Waals surface area contributed by atoms with Gasteiger partial charge in [-0.2, -0.15) is 0 Å². The normalized spacial score (nSPS) is 16.5. The summed E-state index contributed by atoms with van der Waals surface area (Å²) in [5.74, 6) is 0.758. The monoisotopic (exact) mass is 172 g/mol. The van der Waals surface area contributed by atoms with Gasteiger partial charge in [-0.1, -0.05) is 34.1 Å². The minimum atomic E-state index is 0.322. The molecule has 0 fully saturated rings. The van der Waals surface area contributed by atoms with Crippen LogP contribution in [0.5, 0.6) is 0 Å². The first-order valence-electron chi connectivity index (χ1n) is 5.05. The van der Waals surface area contributed by atoms with Crippen molar-refractivity contribution in [1.29, 1.82) is 0 Å². The SMILES string of the molecule is CCC(C)CC(N)CNC(C)C. The number of hydrogen-bond donors (Lipinski definition) is 2. The Labute approximate surface area is 76.9 Å². The molecular formula is C10H24N2. The molecule has 0 saturated heterocycles. The van der Waals surface area contributed by atoms with Gasteiger partial charge in [-0.25, -0.2) is 0 Å². The largest absolute Gasteiger partial charge is 0.327 e. The highest BCUT2D eigenvalue weighted by Crippen LogP contribution is 2.07. The third-order valence-corrected chi connectivity index (χ3v) is 2.19. The third-order valence-electron chi connectivity index (χ3n) is 2.19. The quantitative estimate of drug-likeness (QED) is 0.640. The number of rotatable bonds is 6. The van der Waals surface area contributed by atoms with Crippen molar-refractivity contribution in [3.05, 3.63) is 0 Å². The summed E-state index contributed by atoms with van der Waals surface area (Å²) >= 11 is 0. The topological polar surface area (TPSA) is 38.0 Å². The molecule has 0 aliphatic rings. The van der Waals surface area contributed by atoms with E-state index in [9.17, 15) is 0 Å². The molecular weight excluding hydrogens is 148 g/mol. The van der Waals surface area contributed by atoms with Gasteiger partial charge in [-0.3, -0.25) is 0 Å². The van der Waals surface area contributed by atoms with Crippen LogP contribution in [0.25, 0.3) is 0 Å². The average molecular weight is 172 g/mol. The van der Waals surface area contributed by atoms with Gasteiger partial charge in [-0.05, 0) is 12.3 Å². The van der Waals surface area contributed by atoms with Gasteiger partial charge < -0.3 is 11.1 Å². The summed E-state index contributed by atoms with van der Waals surface area (Å²) in [7, 11) is 0. The smallest absolute Gasteiger partial charge is 0.0167 e. The minimum Gasteiger partial charge on any atom is -0.327 e. The van der Waals surface area contributed by atoms with Crippen LogP contribution in [-0.4, -0.2) is 18.6 Å². The fourth-order valence-electron chi connectivity index (χ4n) is 1.15. The number of hydrogen-bond acceptors (Lipinski definition) is 2. The predicted molar refractivity (Wildman–Crippen MR) is 55.2 cm³/mol. The van der Waals surface area contributed by atoms with Gasteiger partial charge in [0.1, 0.15) is 0 Å². The molecule has 0 amide bonds. The molecule has 2 nitrogen and oxygen atoms in total. The van der Waals surface area contributed by atoms with Crippen LogP contribution in [0, 0.1) is 5.92 Å². The maximum absolute atomic E-state index is 5.94. The van der Waals surface area contributed by atoms with Crippen molar-refractivity contribution >= 4 is 0 Å². The van der Waals surface area contributed by atoms with Crippen LogP contribution >= 0.6 is 0 Å². The van der Waals surface area contributed by atoms with Crippen LogP contribution in [0.3, 0.4) is 0 Å². The lowest BCUT2D eigenvalue weighted by atomic mass is 10.00. The maximum Gasteiger partial charge on any atom is 0.0167 e. The van der Waals surface area contributed by atoms with Crippen molar-refractivity contribution in [2.45, 2.75) is 52.6 Å². The van der Waals surface area contributed by atoms with E-state index in [1.807, 2.05) is 0 Å². The number of nitrogens with two attached hydrogens (primary N) is 1. The Balaban J connectivity index is 3.39. The third kappa shape index (κ3) is 6.62. The molecule has 74 valence electrons. The van der Waals surface area contributed by atoms with Crippen molar-refractivity contribution in [2.24, 2.45) is 11.7 Å². The Hall–Kier alpha value is -0.0800. The molecule has 2 atom stereocenters. The fourth-order valence-corrected chi connectivity index (χ4v) is 1.15. The van der Waals surface area contributed by atoms with E-state index in [1.54, 1.807) is 0 Å². The molecule has 0 bridgehead atoms. The molecule has 0 rings (SSSR count). The van der Waals surface area contributed by atoms with Gasteiger partial charge in [-0.15, -0.1) is 0 Å². The average Bonchev–Trinajstić information content (AvgIpc) is 2.00. The Morgan fingerprint density at radius 3 is 2.25 bits per heavy atom. The predicted octanol–water partition coefficient (Wildman–Crippen LogP) is 1.75. The molecule has 0 spiro atoms. The zero-order valence-corrected chi connectivity index (χ0v) is 8.93. The minimum absolute atomic E-state index is 0.322. The van der Waals surface area contributed by atoms with E-state index in [0.29, 0.717) is 12.1 Å². The molecule has 2 unspecified atom stereocenters. The summed E-state index contributed by atoms with van der Waals surface area (Å²) in [4.78, 5) is 0. The van der Waals surface area contributed by atoms with Crippen LogP contribution < -0.4 is 11.1 Å². The summed E-state index contributed by atoms with van der Waals surface area (Å²) in [5.41, 5.74) is 5.94. The van der Waals surface area contributed by atoms with E-state index in [4.69, 9.17) is 5.73 Å². The lowest BCUT2D eigenvalue weighted by Gasteiger charge is -2.17. The second-order valence-electron chi connectivity index (χ2n) is 4.07. The van der Waals surface area contributed by atoms with E-state index in [-0.39, 0.29) is 0 Å². The highest BCUT2D eigenvalue weighted by molar-refractivity contribution is 4.68. The highest BCUT2D eigenvalue weighted by Gasteiger charge is 2.07. The first-order chi connectivity index (χ1) is 5.56.